The maximum absolute atomic E-state index is 5.51. The number of nitrogens with two attached hydrogens (primary N) is 2. The van der Waals surface area contributed by atoms with Gasteiger partial charge < -0.3 is 11.5 Å². The Bertz CT molecular complexity index is 204. The van der Waals surface area contributed by atoms with Crippen LogP contribution < -0.4 is 11.5 Å². The summed E-state index contributed by atoms with van der Waals surface area (Å²) in [5.74, 6) is 0.169. The molecule has 4 nitrogen and oxygen atoms in total. The van der Waals surface area contributed by atoms with E-state index in [2.05, 4.69) is 10.2 Å². The molecule has 0 aliphatic carbocycles. The Morgan fingerprint density at radius 2 is 2.11 bits per heavy atom. The Balaban J connectivity index is 3.25. The van der Waals surface area contributed by atoms with Crippen molar-refractivity contribution < 1.29 is 0 Å². The van der Waals surface area contributed by atoms with Gasteiger partial charge in [-0.1, -0.05) is 11.6 Å². The van der Waals surface area contributed by atoms with Crippen molar-refractivity contribution in [1.29, 1.82) is 0 Å². The SMILES string of the molecule is Nc1nncc(Cl)c1N. The fourth-order valence-corrected chi connectivity index (χ4v) is 0.528. The van der Waals surface area contributed by atoms with Crippen molar-refractivity contribution in [2.24, 2.45) is 0 Å². The van der Waals surface area contributed by atoms with Gasteiger partial charge in [0.1, 0.15) is 0 Å². The van der Waals surface area contributed by atoms with Crippen molar-refractivity contribution in [3.63, 3.8) is 0 Å². The number of nitrogen functional groups attached to an aromatic ring is 2. The summed E-state index contributed by atoms with van der Waals surface area (Å²) < 4.78 is 0. The maximum Gasteiger partial charge on any atom is 0.170 e. The number of aromatic nitrogens is 2. The molecule has 0 atom stereocenters. The van der Waals surface area contributed by atoms with Gasteiger partial charge in [-0.25, -0.2) is 0 Å². The second kappa shape index (κ2) is 2.06. The summed E-state index contributed by atoms with van der Waals surface area (Å²) in [6.45, 7) is 0. The molecule has 0 fully saturated rings. The lowest BCUT2D eigenvalue weighted by Gasteiger charge is -1.96. The van der Waals surface area contributed by atoms with Crippen LogP contribution in [-0.2, 0) is 0 Å². The van der Waals surface area contributed by atoms with Gasteiger partial charge in [-0.2, -0.15) is 5.10 Å². The van der Waals surface area contributed by atoms with Gasteiger partial charge >= 0.3 is 0 Å². The van der Waals surface area contributed by atoms with Crippen LogP contribution in [0.3, 0.4) is 0 Å². The fourth-order valence-electron chi connectivity index (χ4n) is 0.388. The van der Waals surface area contributed by atoms with Crippen LogP contribution in [0.5, 0.6) is 0 Å². The minimum atomic E-state index is 0.169. The van der Waals surface area contributed by atoms with E-state index in [4.69, 9.17) is 23.1 Å². The molecule has 0 aliphatic heterocycles. The molecule has 0 radical (unpaired) electrons. The third kappa shape index (κ3) is 1.02. The minimum absolute atomic E-state index is 0.169. The largest absolute Gasteiger partial charge is 0.394 e. The van der Waals surface area contributed by atoms with E-state index in [0.717, 1.165) is 0 Å². The first-order chi connectivity index (χ1) is 4.22. The predicted octanol–water partition coefficient (Wildman–Crippen LogP) is 0.294. The van der Waals surface area contributed by atoms with Gasteiger partial charge in [-0.3, -0.25) is 0 Å². The zero-order valence-electron chi connectivity index (χ0n) is 4.50. The van der Waals surface area contributed by atoms with Crippen LogP contribution in [0.15, 0.2) is 6.20 Å². The molecule has 0 unspecified atom stereocenters. The fraction of sp³-hybridized carbons (Fsp3) is 0. The van der Waals surface area contributed by atoms with Crippen molar-refractivity contribution in [2.75, 3.05) is 11.5 Å². The molecule has 0 spiro atoms. The Kier molecular flexibility index (Phi) is 1.40. The minimum Gasteiger partial charge on any atom is -0.394 e. The smallest absolute Gasteiger partial charge is 0.170 e. The van der Waals surface area contributed by atoms with Gasteiger partial charge in [0, 0.05) is 0 Å². The van der Waals surface area contributed by atoms with Gasteiger partial charge in [0.2, 0.25) is 0 Å². The van der Waals surface area contributed by atoms with E-state index in [1.165, 1.54) is 6.20 Å². The monoisotopic (exact) mass is 144 g/mol. The third-order valence-corrected chi connectivity index (χ3v) is 1.17. The third-order valence-electron chi connectivity index (χ3n) is 0.870. The van der Waals surface area contributed by atoms with Crippen molar-refractivity contribution in [3.8, 4) is 0 Å². The zero-order chi connectivity index (χ0) is 6.85. The predicted molar refractivity (Wildman–Crippen MR) is 35.9 cm³/mol. The number of halogens is 1. The maximum atomic E-state index is 5.51. The Morgan fingerprint density at radius 1 is 1.44 bits per heavy atom. The van der Waals surface area contributed by atoms with E-state index in [0.29, 0.717) is 5.02 Å². The van der Waals surface area contributed by atoms with E-state index in [-0.39, 0.29) is 11.5 Å². The van der Waals surface area contributed by atoms with Crippen LogP contribution in [0.2, 0.25) is 5.02 Å². The molecular weight excluding hydrogens is 140 g/mol. The summed E-state index contributed by atoms with van der Waals surface area (Å²) in [6.07, 6.45) is 1.34. The summed E-state index contributed by atoms with van der Waals surface area (Å²) in [6, 6.07) is 0. The Labute approximate surface area is 56.8 Å². The lowest BCUT2D eigenvalue weighted by Crippen LogP contribution is -1.99. The number of anilines is 2. The highest BCUT2D eigenvalue weighted by molar-refractivity contribution is 6.33. The second-order valence-electron chi connectivity index (χ2n) is 1.49. The van der Waals surface area contributed by atoms with Gasteiger partial charge in [0.05, 0.1) is 16.9 Å². The Hall–Kier alpha value is -1.03. The molecule has 0 aliphatic rings. The molecule has 48 valence electrons. The molecular formula is C4H5ClN4. The van der Waals surface area contributed by atoms with Crippen molar-refractivity contribution >= 4 is 23.1 Å². The summed E-state index contributed by atoms with van der Waals surface area (Å²) in [7, 11) is 0. The van der Waals surface area contributed by atoms with Gasteiger partial charge in [-0.15, -0.1) is 5.10 Å². The molecule has 0 amide bonds. The molecule has 0 saturated heterocycles. The van der Waals surface area contributed by atoms with Crippen molar-refractivity contribution in [3.05, 3.63) is 11.2 Å². The molecule has 5 heteroatoms. The van der Waals surface area contributed by atoms with Gasteiger partial charge in [-0.05, 0) is 0 Å². The lowest BCUT2D eigenvalue weighted by atomic mass is 10.4. The van der Waals surface area contributed by atoms with E-state index in [9.17, 15) is 0 Å². The highest BCUT2D eigenvalue weighted by Gasteiger charge is 1.98. The summed E-state index contributed by atoms with van der Waals surface area (Å²) in [5, 5.41) is 7.25. The number of hydrogen-bond donors (Lipinski definition) is 2. The highest BCUT2D eigenvalue weighted by atomic mass is 35.5. The molecule has 9 heavy (non-hydrogen) atoms. The van der Waals surface area contributed by atoms with Crippen LogP contribution >= 0.6 is 11.6 Å². The van der Waals surface area contributed by atoms with Crippen LogP contribution in [-0.4, -0.2) is 10.2 Å². The standard InChI is InChI=1S/C4H5ClN4/c5-2-1-8-9-4(7)3(2)6/h1H,(H2,6,8)(H2,7,9). The Morgan fingerprint density at radius 3 is 2.56 bits per heavy atom. The second-order valence-corrected chi connectivity index (χ2v) is 1.90. The molecule has 1 aromatic rings. The highest BCUT2D eigenvalue weighted by Crippen LogP contribution is 2.19. The zero-order valence-corrected chi connectivity index (χ0v) is 5.26. The molecule has 0 bridgehead atoms. The molecule has 4 N–H and O–H groups in total. The normalized spacial score (nSPS) is 9.44. The topological polar surface area (TPSA) is 77.8 Å². The van der Waals surface area contributed by atoms with E-state index < -0.39 is 0 Å². The van der Waals surface area contributed by atoms with Crippen molar-refractivity contribution in [2.45, 2.75) is 0 Å². The van der Waals surface area contributed by atoms with E-state index >= 15 is 0 Å². The lowest BCUT2D eigenvalue weighted by molar-refractivity contribution is 1.05. The molecule has 1 rings (SSSR count). The summed E-state index contributed by atoms with van der Waals surface area (Å²) in [5.41, 5.74) is 10.8. The molecule has 1 aromatic heterocycles. The average molecular weight is 145 g/mol. The van der Waals surface area contributed by atoms with E-state index in [1.807, 2.05) is 0 Å². The first-order valence-corrected chi connectivity index (χ1v) is 2.61. The first-order valence-electron chi connectivity index (χ1n) is 2.24. The molecule has 0 aromatic carbocycles. The summed E-state index contributed by atoms with van der Waals surface area (Å²) >= 11 is 5.51. The number of nitrogens with zero attached hydrogens (tertiary/aromatic N) is 2. The molecule has 0 saturated carbocycles. The number of rotatable bonds is 0. The van der Waals surface area contributed by atoms with Gasteiger partial charge in [0.15, 0.2) is 5.82 Å². The van der Waals surface area contributed by atoms with Crippen LogP contribution in [0, 0.1) is 0 Å². The summed E-state index contributed by atoms with van der Waals surface area (Å²) in [4.78, 5) is 0. The van der Waals surface area contributed by atoms with Crippen LogP contribution in [0.1, 0.15) is 0 Å². The average Bonchev–Trinajstić information content (AvgIpc) is 1.83. The molecule has 1 heterocycles. The number of hydrogen-bond acceptors (Lipinski definition) is 4. The van der Waals surface area contributed by atoms with Crippen molar-refractivity contribution in [1.82, 2.24) is 10.2 Å². The van der Waals surface area contributed by atoms with Crippen LogP contribution in [0.25, 0.3) is 0 Å². The first kappa shape index (κ1) is 6.10. The van der Waals surface area contributed by atoms with E-state index in [1.54, 1.807) is 0 Å². The van der Waals surface area contributed by atoms with Crippen LogP contribution in [0.4, 0.5) is 11.5 Å². The van der Waals surface area contributed by atoms with Gasteiger partial charge in [0.25, 0.3) is 0 Å². The quantitative estimate of drug-likeness (QED) is 0.549.